The van der Waals surface area contributed by atoms with Gasteiger partial charge in [0, 0.05) is 17.8 Å². The van der Waals surface area contributed by atoms with Crippen molar-refractivity contribution in [1.82, 2.24) is 15.5 Å². The highest BCUT2D eigenvalue weighted by atomic mass is 16.5. The number of rotatable bonds is 5. The summed E-state index contributed by atoms with van der Waals surface area (Å²) in [6, 6.07) is -0.284. The Morgan fingerprint density at radius 1 is 1.47 bits per heavy atom. The van der Waals surface area contributed by atoms with Crippen molar-refractivity contribution < 1.29 is 9.53 Å². The summed E-state index contributed by atoms with van der Waals surface area (Å²) in [5.41, 5.74) is 3.10. The molecule has 1 aromatic rings. The van der Waals surface area contributed by atoms with E-state index in [-0.39, 0.29) is 17.9 Å². The molecule has 0 spiro atoms. The Morgan fingerprint density at radius 3 is 2.53 bits per heavy atom. The molecule has 0 saturated heterocycles. The van der Waals surface area contributed by atoms with E-state index in [1.807, 2.05) is 27.7 Å². The number of esters is 1. The molecule has 0 fully saturated rings. The first-order chi connectivity index (χ1) is 7.97. The number of ether oxygens (including phenoxy) is 1. The van der Waals surface area contributed by atoms with E-state index in [4.69, 9.17) is 4.74 Å². The third kappa shape index (κ3) is 3.30. The molecule has 0 bridgehead atoms. The van der Waals surface area contributed by atoms with Crippen molar-refractivity contribution in [3.05, 3.63) is 17.0 Å². The zero-order valence-electron chi connectivity index (χ0n) is 11.1. The highest BCUT2D eigenvalue weighted by Crippen LogP contribution is 2.11. The molecule has 0 aliphatic carbocycles. The maximum atomic E-state index is 11.6. The number of carbonyl (C=O) groups excluding carboxylic acids is 1. The number of aryl methyl sites for hydroxylation is 2. The summed E-state index contributed by atoms with van der Waals surface area (Å²) >= 11 is 0. The second-order valence-electron chi connectivity index (χ2n) is 4.54. The minimum atomic E-state index is -0.284. The van der Waals surface area contributed by atoms with Gasteiger partial charge in [0.2, 0.25) is 0 Å². The Hall–Kier alpha value is -1.36. The number of nitrogens with one attached hydrogen (secondary N) is 2. The molecule has 0 aromatic carbocycles. The van der Waals surface area contributed by atoms with Crippen LogP contribution in [0.15, 0.2) is 0 Å². The van der Waals surface area contributed by atoms with Crippen LogP contribution in [0.3, 0.4) is 0 Å². The van der Waals surface area contributed by atoms with Gasteiger partial charge < -0.3 is 4.74 Å². The molecule has 1 atom stereocenters. The number of aromatic nitrogens is 2. The van der Waals surface area contributed by atoms with Crippen molar-refractivity contribution in [2.45, 2.75) is 40.3 Å². The average Bonchev–Trinajstić information content (AvgIpc) is 2.59. The van der Waals surface area contributed by atoms with Gasteiger partial charge in [-0.2, -0.15) is 5.10 Å². The van der Waals surface area contributed by atoms with E-state index in [0.29, 0.717) is 6.54 Å². The molecule has 0 aliphatic heterocycles. The smallest absolute Gasteiger partial charge is 0.323 e. The zero-order chi connectivity index (χ0) is 13.0. The Balaban J connectivity index is 2.67. The average molecular weight is 239 g/mol. The van der Waals surface area contributed by atoms with Gasteiger partial charge in [0.25, 0.3) is 0 Å². The quantitative estimate of drug-likeness (QED) is 0.760. The van der Waals surface area contributed by atoms with Crippen LogP contribution in [0.1, 0.15) is 30.8 Å². The lowest BCUT2D eigenvalue weighted by Gasteiger charge is -2.19. The van der Waals surface area contributed by atoms with Crippen molar-refractivity contribution >= 4 is 5.97 Å². The van der Waals surface area contributed by atoms with E-state index in [1.165, 1.54) is 7.11 Å². The van der Waals surface area contributed by atoms with Crippen LogP contribution in [0.25, 0.3) is 0 Å². The van der Waals surface area contributed by atoms with Gasteiger partial charge in [0.15, 0.2) is 0 Å². The van der Waals surface area contributed by atoms with Gasteiger partial charge in [0.05, 0.1) is 12.8 Å². The lowest BCUT2D eigenvalue weighted by molar-refractivity contribution is -0.144. The molecule has 0 aliphatic rings. The molecule has 0 radical (unpaired) electrons. The predicted octanol–water partition coefficient (Wildman–Crippen LogP) is 1.31. The highest BCUT2D eigenvalue weighted by Gasteiger charge is 2.22. The SMILES string of the molecule is COC(=O)[C@H](NCc1c(C)n[nH]c1C)C(C)C. The molecule has 1 rings (SSSR count). The molecule has 1 aromatic heterocycles. The van der Waals surface area contributed by atoms with Gasteiger partial charge in [-0.3, -0.25) is 15.2 Å². The van der Waals surface area contributed by atoms with E-state index < -0.39 is 0 Å². The molecule has 96 valence electrons. The Bertz CT molecular complexity index is 366. The summed E-state index contributed by atoms with van der Waals surface area (Å²) in [7, 11) is 1.41. The van der Waals surface area contributed by atoms with Crippen molar-refractivity contribution in [2.75, 3.05) is 7.11 Å². The van der Waals surface area contributed by atoms with Gasteiger partial charge in [-0.1, -0.05) is 13.8 Å². The number of nitrogens with zero attached hydrogens (tertiary/aromatic N) is 1. The molecule has 17 heavy (non-hydrogen) atoms. The van der Waals surface area contributed by atoms with E-state index >= 15 is 0 Å². The summed E-state index contributed by atoms with van der Waals surface area (Å²) in [6.07, 6.45) is 0. The van der Waals surface area contributed by atoms with Crippen LogP contribution < -0.4 is 5.32 Å². The number of aromatic amines is 1. The van der Waals surface area contributed by atoms with Gasteiger partial charge in [-0.15, -0.1) is 0 Å². The van der Waals surface area contributed by atoms with Crippen LogP contribution in [-0.2, 0) is 16.1 Å². The molecular formula is C12H21N3O2. The maximum absolute atomic E-state index is 11.6. The Labute approximate surface area is 102 Å². The van der Waals surface area contributed by atoms with Crippen LogP contribution in [0.2, 0.25) is 0 Å². The fourth-order valence-corrected chi connectivity index (χ4v) is 1.76. The van der Waals surface area contributed by atoms with Crippen LogP contribution in [-0.4, -0.2) is 29.3 Å². The van der Waals surface area contributed by atoms with E-state index in [2.05, 4.69) is 15.5 Å². The fourth-order valence-electron chi connectivity index (χ4n) is 1.76. The number of methoxy groups -OCH3 is 1. The van der Waals surface area contributed by atoms with Gasteiger partial charge in [-0.25, -0.2) is 0 Å². The second kappa shape index (κ2) is 5.82. The lowest BCUT2D eigenvalue weighted by Crippen LogP contribution is -2.41. The minimum Gasteiger partial charge on any atom is -0.468 e. The van der Waals surface area contributed by atoms with Crippen molar-refractivity contribution in [3.8, 4) is 0 Å². The first kappa shape index (κ1) is 13.7. The van der Waals surface area contributed by atoms with Crippen LogP contribution >= 0.6 is 0 Å². The van der Waals surface area contributed by atoms with Gasteiger partial charge in [-0.05, 0) is 19.8 Å². The largest absolute Gasteiger partial charge is 0.468 e. The van der Waals surface area contributed by atoms with Crippen molar-refractivity contribution in [3.63, 3.8) is 0 Å². The maximum Gasteiger partial charge on any atom is 0.323 e. The number of hydrogen-bond donors (Lipinski definition) is 2. The fraction of sp³-hybridized carbons (Fsp3) is 0.667. The molecule has 0 unspecified atom stereocenters. The topological polar surface area (TPSA) is 67.0 Å². The highest BCUT2D eigenvalue weighted by molar-refractivity contribution is 5.75. The summed E-state index contributed by atoms with van der Waals surface area (Å²) in [4.78, 5) is 11.6. The molecular weight excluding hydrogens is 218 g/mol. The molecule has 1 heterocycles. The Kier molecular flexibility index (Phi) is 4.69. The third-order valence-corrected chi connectivity index (χ3v) is 2.90. The van der Waals surface area contributed by atoms with Gasteiger partial charge in [0.1, 0.15) is 6.04 Å². The molecule has 5 heteroatoms. The minimum absolute atomic E-state index is 0.190. The van der Waals surface area contributed by atoms with Gasteiger partial charge >= 0.3 is 5.97 Å². The monoisotopic (exact) mass is 239 g/mol. The molecule has 0 saturated carbocycles. The number of hydrogen-bond acceptors (Lipinski definition) is 4. The summed E-state index contributed by atoms with van der Waals surface area (Å²) in [5, 5.41) is 10.3. The van der Waals surface area contributed by atoms with Crippen LogP contribution in [0, 0.1) is 19.8 Å². The molecule has 5 nitrogen and oxygen atoms in total. The van der Waals surface area contributed by atoms with E-state index in [1.54, 1.807) is 0 Å². The Morgan fingerprint density at radius 2 is 2.12 bits per heavy atom. The normalized spacial score (nSPS) is 12.8. The summed E-state index contributed by atoms with van der Waals surface area (Å²) in [6.45, 7) is 8.52. The summed E-state index contributed by atoms with van der Waals surface area (Å²) < 4.78 is 4.78. The molecule has 0 amide bonds. The molecule has 2 N–H and O–H groups in total. The first-order valence-corrected chi connectivity index (χ1v) is 5.79. The predicted molar refractivity (Wildman–Crippen MR) is 65.5 cm³/mol. The van der Waals surface area contributed by atoms with Crippen molar-refractivity contribution in [1.29, 1.82) is 0 Å². The zero-order valence-corrected chi connectivity index (χ0v) is 11.1. The third-order valence-electron chi connectivity index (χ3n) is 2.90. The first-order valence-electron chi connectivity index (χ1n) is 5.79. The van der Waals surface area contributed by atoms with Crippen LogP contribution in [0.5, 0.6) is 0 Å². The van der Waals surface area contributed by atoms with E-state index in [0.717, 1.165) is 17.0 Å². The second-order valence-corrected chi connectivity index (χ2v) is 4.54. The number of H-pyrrole nitrogens is 1. The van der Waals surface area contributed by atoms with E-state index in [9.17, 15) is 4.79 Å². The van der Waals surface area contributed by atoms with Crippen LogP contribution in [0.4, 0.5) is 0 Å². The number of carbonyl (C=O) groups is 1. The summed E-state index contributed by atoms with van der Waals surface area (Å²) in [5.74, 6) is -0.0336. The van der Waals surface area contributed by atoms with Crippen molar-refractivity contribution in [2.24, 2.45) is 5.92 Å². The lowest BCUT2D eigenvalue weighted by atomic mass is 10.0. The standard InChI is InChI=1S/C12H21N3O2/c1-7(2)11(12(16)17-5)13-6-10-8(3)14-15-9(10)4/h7,11,13H,6H2,1-5H3,(H,14,15)/t11-/m1/s1.